The molecule has 1 aromatic carbocycles. The van der Waals surface area contributed by atoms with E-state index in [0.717, 1.165) is 11.6 Å². The van der Waals surface area contributed by atoms with Gasteiger partial charge in [0.1, 0.15) is 12.4 Å². The van der Waals surface area contributed by atoms with Gasteiger partial charge in [0.15, 0.2) is 5.43 Å². The zero-order chi connectivity index (χ0) is 15.1. The van der Waals surface area contributed by atoms with E-state index in [2.05, 4.69) is 0 Å². The van der Waals surface area contributed by atoms with Gasteiger partial charge >= 0.3 is 5.97 Å². The number of benzene rings is 1. The van der Waals surface area contributed by atoms with Crippen molar-refractivity contribution in [2.75, 3.05) is 6.61 Å². The van der Waals surface area contributed by atoms with Crippen molar-refractivity contribution in [3.05, 3.63) is 70.7 Å². The van der Waals surface area contributed by atoms with Crippen LogP contribution >= 0.6 is 0 Å². The van der Waals surface area contributed by atoms with Crippen molar-refractivity contribution in [2.24, 2.45) is 0 Å². The fraction of sp³-hybridized carbons (Fsp3) is 0.125. The van der Waals surface area contributed by atoms with E-state index in [1.54, 1.807) is 30.6 Å². The number of carboxylic acids is 1. The highest BCUT2D eigenvalue weighted by atomic mass is 16.5. The molecule has 108 valence electrons. The third-order valence-corrected chi connectivity index (χ3v) is 2.76. The molecule has 0 unspecified atom stereocenters. The summed E-state index contributed by atoms with van der Waals surface area (Å²) in [5.41, 5.74) is 0.739. The minimum Gasteiger partial charge on any atom is -0.492 e. The number of nitrogens with zero attached hydrogens (tertiary/aromatic N) is 1. The molecule has 1 aromatic heterocycles. The van der Waals surface area contributed by atoms with Crippen LogP contribution < -0.4 is 10.2 Å². The minimum atomic E-state index is -0.987. The SMILES string of the molecule is O=C(O)C=Cc1cccc(OCCn2ccc(=O)cc2)c1. The number of rotatable bonds is 6. The van der Waals surface area contributed by atoms with Crippen molar-refractivity contribution in [2.45, 2.75) is 6.54 Å². The number of pyridine rings is 1. The van der Waals surface area contributed by atoms with E-state index in [9.17, 15) is 9.59 Å². The average Bonchev–Trinajstić information content (AvgIpc) is 2.48. The topological polar surface area (TPSA) is 68.5 Å². The van der Waals surface area contributed by atoms with Gasteiger partial charge in [-0.05, 0) is 23.8 Å². The third-order valence-electron chi connectivity index (χ3n) is 2.76. The molecular formula is C16H15NO4. The van der Waals surface area contributed by atoms with Crippen molar-refractivity contribution in [1.29, 1.82) is 0 Å². The highest BCUT2D eigenvalue weighted by molar-refractivity contribution is 5.85. The Balaban J connectivity index is 1.91. The Morgan fingerprint density at radius 3 is 2.71 bits per heavy atom. The molecule has 2 aromatic rings. The molecule has 0 saturated carbocycles. The van der Waals surface area contributed by atoms with Gasteiger partial charge in [0.25, 0.3) is 0 Å². The Kier molecular flexibility index (Phi) is 4.93. The number of hydrogen-bond donors (Lipinski definition) is 1. The van der Waals surface area contributed by atoms with Crippen LogP contribution in [0.4, 0.5) is 0 Å². The number of carbonyl (C=O) groups is 1. The molecule has 5 heteroatoms. The normalized spacial score (nSPS) is 10.7. The predicted molar refractivity (Wildman–Crippen MR) is 79.3 cm³/mol. The maximum absolute atomic E-state index is 11.0. The maximum Gasteiger partial charge on any atom is 0.328 e. The lowest BCUT2D eigenvalue weighted by atomic mass is 10.2. The summed E-state index contributed by atoms with van der Waals surface area (Å²) in [5.74, 6) is -0.317. The van der Waals surface area contributed by atoms with E-state index >= 15 is 0 Å². The van der Waals surface area contributed by atoms with Crippen LogP contribution in [0.5, 0.6) is 5.75 Å². The summed E-state index contributed by atoms with van der Waals surface area (Å²) in [6.07, 6.45) is 6.01. The van der Waals surface area contributed by atoms with Gasteiger partial charge in [-0.3, -0.25) is 4.79 Å². The molecule has 0 spiro atoms. The second-order valence-corrected chi connectivity index (χ2v) is 4.36. The molecule has 0 amide bonds. The summed E-state index contributed by atoms with van der Waals surface area (Å²) >= 11 is 0. The van der Waals surface area contributed by atoms with Crippen molar-refractivity contribution in [3.63, 3.8) is 0 Å². The van der Waals surface area contributed by atoms with Crippen molar-refractivity contribution in [1.82, 2.24) is 4.57 Å². The summed E-state index contributed by atoms with van der Waals surface area (Å²) in [6, 6.07) is 10.2. The van der Waals surface area contributed by atoms with E-state index in [1.807, 2.05) is 10.6 Å². The first-order valence-electron chi connectivity index (χ1n) is 6.43. The van der Waals surface area contributed by atoms with Crippen molar-refractivity contribution < 1.29 is 14.6 Å². The van der Waals surface area contributed by atoms with Crippen LogP contribution in [0.1, 0.15) is 5.56 Å². The molecular weight excluding hydrogens is 270 g/mol. The standard InChI is InChI=1S/C16H15NO4/c18-14-6-8-17(9-7-14)10-11-21-15-3-1-2-13(12-15)4-5-16(19)20/h1-9,12H,10-11H2,(H,19,20). The molecule has 0 saturated heterocycles. The van der Waals surface area contributed by atoms with Crippen LogP contribution in [0.2, 0.25) is 0 Å². The van der Waals surface area contributed by atoms with Gasteiger partial charge in [-0.2, -0.15) is 0 Å². The van der Waals surface area contributed by atoms with Crippen LogP contribution in [-0.2, 0) is 11.3 Å². The first-order chi connectivity index (χ1) is 10.1. The first-order valence-corrected chi connectivity index (χ1v) is 6.43. The molecule has 21 heavy (non-hydrogen) atoms. The third kappa shape index (κ3) is 4.99. The molecule has 0 bridgehead atoms. The molecule has 0 atom stereocenters. The van der Waals surface area contributed by atoms with Crippen LogP contribution in [-0.4, -0.2) is 22.2 Å². The van der Waals surface area contributed by atoms with E-state index in [0.29, 0.717) is 18.9 Å². The lowest BCUT2D eigenvalue weighted by Gasteiger charge is -2.08. The summed E-state index contributed by atoms with van der Waals surface area (Å²) in [7, 11) is 0. The molecule has 0 fully saturated rings. The summed E-state index contributed by atoms with van der Waals surface area (Å²) < 4.78 is 7.46. The van der Waals surface area contributed by atoms with Gasteiger partial charge in [0.05, 0.1) is 6.54 Å². The van der Waals surface area contributed by atoms with Crippen LogP contribution in [0, 0.1) is 0 Å². The zero-order valence-corrected chi connectivity index (χ0v) is 11.3. The van der Waals surface area contributed by atoms with Crippen LogP contribution in [0.15, 0.2) is 59.7 Å². The number of carboxylic acid groups (broad SMARTS) is 1. The first kappa shape index (κ1) is 14.6. The molecule has 2 rings (SSSR count). The van der Waals surface area contributed by atoms with E-state index in [1.165, 1.54) is 18.2 Å². The summed E-state index contributed by atoms with van der Waals surface area (Å²) in [6.45, 7) is 1.07. The molecule has 1 N–H and O–H groups in total. The van der Waals surface area contributed by atoms with Crippen molar-refractivity contribution >= 4 is 12.0 Å². The monoisotopic (exact) mass is 285 g/mol. The summed E-state index contributed by atoms with van der Waals surface area (Å²) in [4.78, 5) is 21.4. The van der Waals surface area contributed by atoms with Crippen LogP contribution in [0.3, 0.4) is 0 Å². The molecule has 0 aliphatic carbocycles. The maximum atomic E-state index is 11.0. The Morgan fingerprint density at radius 2 is 2.00 bits per heavy atom. The molecule has 0 aliphatic heterocycles. The Bertz CT molecular complexity index is 683. The molecule has 0 aliphatic rings. The number of ether oxygens (including phenoxy) is 1. The van der Waals surface area contributed by atoms with E-state index in [-0.39, 0.29) is 5.43 Å². The highest BCUT2D eigenvalue weighted by Crippen LogP contribution is 2.14. The van der Waals surface area contributed by atoms with Gasteiger partial charge in [-0.1, -0.05) is 12.1 Å². The molecule has 0 radical (unpaired) electrons. The predicted octanol–water partition coefficient (Wildman–Crippen LogP) is 2.03. The van der Waals surface area contributed by atoms with Crippen molar-refractivity contribution in [3.8, 4) is 5.75 Å². The molecule has 1 heterocycles. The number of aromatic nitrogens is 1. The van der Waals surface area contributed by atoms with Gasteiger partial charge in [0.2, 0.25) is 0 Å². The second kappa shape index (κ2) is 7.09. The second-order valence-electron chi connectivity index (χ2n) is 4.36. The number of hydrogen-bond acceptors (Lipinski definition) is 3. The van der Waals surface area contributed by atoms with E-state index in [4.69, 9.17) is 9.84 Å². The Morgan fingerprint density at radius 1 is 1.24 bits per heavy atom. The Labute approximate surface area is 121 Å². The lowest BCUT2D eigenvalue weighted by molar-refractivity contribution is -0.131. The zero-order valence-electron chi connectivity index (χ0n) is 11.3. The fourth-order valence-corrected chi connectivity index (χ4v) is 1.74. The Hall–Kier alpha value is -2.82. The van der Waals surface area contributed by atoms with Gasteiger partial charge in [-0.25, -0.2) is 4.79 Å². The van der Waals surface area contributed by atoms with E-state index < -0.39 is 5.97 Å². The number of aliphatic carboxylic acids is 1. The largest absolute Gasteiger partial charge is 0.492 e. The average molecular weight is 285 g/mol. The summed E-state index contributed by atoms with van der Waals surface area (Å²) in [5, 5.41) is 8.59. The smallest absolute Gasteiger partial charge is 0.328 e. The minimum absolute atomic E-state index is 0.0231. The quantitative estimate of drug-likeness (QED) is 0.824. The highest BCUT2D eigenvalue weighted by Gasteiger charge is 1.96. The molecule has 5 nitrogen and oxygen atoms in total. The van der Waals surface area contributed by atoms with Gasteiger partial charge < -0.3 is 14.4 Å². The van der Waals surface area contributed by atoms with Gasteiger partial charge in [0, 0.05) is 30.6 Å². The fourth-order valence-electron chi connectivity index (χ4n) is 1.74. The van der Waals surface area contributed by atoms with Gasteiger partial charge in [-0.15, -0.1) is 0 Å². The van der Waals surface area contributed by atoms with Crippen LogP contribution in [0.25, 0.3) is 6.08 Å². The lowest BCUT2D eigenvalue weighted by Crippen LogP contribution is -2.10.